The summed E-state index contributed by atoms with van der Waals surface area (Å²) in [4.78, 5) is 15.9. The van der Waals surface area contributed by atoms with Crippen LogP contribution in [0.25, 0.3) is 0 Å². The number of benzene rings is 1. The molecule has 1 aliphatic rings. The van der Waals surface area contributed by atoms with E-state index in [9.17, 15) is 14.3 Å². The van der Waals surface area contributed by atoms with E-state index >= 15 is 0 Å². The molecule has 116 valence electrons. The highest BCUT2D eigenvalue weighted by molar-refractivity contribution is 5.78. The van der Waals surface area contributed by atoms with Crippen LogP contribution in [-0.2, 0) is 11.3 Å². The van der Waals surface area contributed by atoms with E-state index in [-0.39, 0.29) is 30.8 Å². The zero-order chi connectivity index (χ0) is 15.2. The lowest BCUT2D eigenvalue weighted by Gasteiger charge is -2.32. The molecule has 1 heterocycles. The number of hydrogen-bond acceptors (Lipinski definition) is 3. The average Bonchev–Trinajstić information content (AvgIpc) is 2.49. The first-order chi connectivity index (χ1) is 10.1. The van der Waals surface area contributed by atoms with Gasteiger partial charge in [0.05, 0.1) is 6.54 Å². The summed E-state index contributed by atoms with van der Waals surface area (Å²) in [6.07, 6.45) is 2.03. The summed E-state index contributed by atoms with van der Waals surface area (Å²) in [6, 6.07) is 6.52. The number of rotatable bonds is 5. The van der Waals surface area contributed by atoms with Gasteiger partial charge in [0.25, 0.3) is 0 Å². The van der Waals surface area contributed by atoms with Gasteiger partial charge < -0.3 is 10.0 Å². The fourth-order valence-electron chi connectivity index (χ4n) is 2.73. The fraction of sp³-hybridized carbons (Fsp3) is 0.562. The first-order valence-corrected chi connectivity index (χ1v) is 7.40. The molecule has 1 amide bonds. The zero-order valence-electron chi connectivity index (χ0n) is 12.5. The molecule has 0 bridgehead atoms. The van der Waals surface area contributed by atoms with Gasteiger partial charge in [0.2, 0.25) is 5.91 Å². The lowest BCUT2D eigenvalue weighted by molar-refractivity contribution is -0.132. The van der Waals surface area contributed by atoms with Crippen LogP contribution in [0, 0.1) is 11.7 Å². The number of hydrogen-bond donors (Lipinski definition) is 1. The minimum Gasteiger partial charge on any atom is -0.396 e. The number of likely N-dealkylation sites (N-methyl/N-ethyl adjacent to an activating group) is 1. The number of amides is 1. The second kappa shape index (κ2) is 7.52. The summed E-state index contributed by atoms with van der Waals surface area (Å²) in [6.45, 7) is 2.44. The molecule has 1 saturated heterocycles. The summed E-state index contributed by atoms with van der Waals surface area (Å²) in [5.41, 5.74) is 0.528. The third kappa shape index (κ3) is 4.51. The molecule has 0 aliphatic carbocycles. The van der Waals surface area contributed by atoms with Crippen LogP contribution < -0.4 is 0 Å². The van der Waals surface area contributed by atoms with E-state index in [0.717, 1.165) is 25.9 Å². The van der Waals surface area contributed by atoms with Crippen molar-refractivity contribution < 1.29 is 14.3 Å². The number of aliphatic hydroxyl groups excluding tert-OH is 1. The van der Waals surface area contributed by atoms with E-state index in [1.165, 1.54) is 6.07 Å². The Hall–Kier alpha value is -1.46. The van der Waals surface area contributed by atoms with Gasteiger partial charge >= 0.3 is 0 Å². The monoisotopic (exact) mass is 294 g/mol. The summed E-state index contributed by atoms with van der Waals surface area (Å²) in [7, 11) is 1.70. The van der Waals surface area contributed by atoms with Crippen molar-refractivity contribution in [3.05, 3.63) is 35.6 Å². The number of carbonyl (C=O) groups excluding carboxylic acids is 1. The van der Waals surface area contributed by atoms with Gasteiger partial charge in [-0.3, -0.25) is 9.69 Å². The average molecular weight is 294 g/mol. The van der Waals surface area contributed by atoms with E-state index < -0.39 is 0 Å². The van der Waals surface area contributed by atoms with Crippen LogP contribution in [0.4, 0.5) is 4.39 Å². The fourth-order valence-corrected chi connectivity index (χ4v) is 2.73. The molecule has 0 spiro atoms. The predicted molar refractivity (Wildman–Crippen MR) is 79.1 cm³/mol. The van der Waals surface area contributed by atoms with Gasteiger partial charge in [-0.25, -0.2) is 4.39 Å². The lowest BCUT2D eigenvalue weighted by atomic mass is 9.99. The van der Waals surface area contributed by atoms with Gasteiger partial charge in [-0.15, -0.1) is 0 Å². The molecular formula is C16H23FN2O2. The van der Waals surface area contributed by atoms with Gasteiger partial charge in [0, 0.05) is 32.3 Å². The van der Waals surface area contributed by atoms with Gasteiger partial charge in [0.1, 0.15) is 5.82 Å². The van der Waals surface area contributed by atoms with Gasteiger partial charge in [-0.05, 0) is 31.4 Å². The smallest absolute Gasteiger partial charge is 0.236 e. The minimum absolute atomic E-state index is 0.0168. The van der Waals surface area contributed by atoms with E-state index in [1.807, 2.05) is 0 Å². The van der Waals surface area contributed by atoms with Crippen molar-refractivity contribution in [2.45, 2.75) is 19.4 Å². The molecule has 1 atom stereocenters. The van der Waals surface area contributed by atoms with Crippen molar-refractivity contribution in [1.29, 1.82) is 0 Å². The Balaban J connectivity index is 1.86. The largest absolute Gasteiger partial charge is 0.396 e. The van der Waals surface area contributed by atoms with Gasteiger partial charge in [-0.1, -0.05) is 18.2 Å². The Morgan fingerprint density at radius 2 is 2.24 bits per heavy atom. The highest BCUT2D eigenvalue weighted by Crippen LogP contribution is 2.16. The Morgan fingerprint density at radius 1 is 1.48 bits per heavy atom. The lowest BCUT2D eigenvalue weighted by Crippen LogP contribution is -2.43. The van der Waals surface area contributed by atoms with Crippen LogP contribution >= 0.6 is 0 Å². The van der Waals surface area contributed by atoms with Crippen molar-refractivity contribution in [3.63, 3.8) is 0 Å². The molecule has 21 heavy (non-hydrogen) atoms. The molecule has 0 saturated carbocycles. The Morgan fingerprint density at radius 3 is 2.95 bits per heavy atom. The first-order valence-electron chi connectivity index (χ1n) is 7.40. The summed E-state index contributed by atoms with van der Waals surface area (Å²) in [5, 5.41) is 9.21. The molecule has 1 aromatic carbocycles. The van der Waals surface area contributed by atoms with Crippen molar-refractivity contribution in [2.24, 2.45) is 5.92 Å². The van der Waals surface area contributed by atoms with Crippen molar-refractivity contribution in [1.82, 2.24) is 9.80 Å². The molecular weight excluding hydrogens is 271 g/mol. The second-order valence-electron chi connectivity index (χ2n) is 5.77. The van der Waals surface area contributed by atoms with Crippen LogP contribution in [0.1, 0.15) is 18.4 Å². The topological polar surface area (TPSA) is 43.8 Å². The number of piperidine rings is 1. The highest BCUT2D eigenvalue weighted by Gasteiger charge is 2.22. The number of carbonyl (C=O) groups is 1. The predicted octanol–water partition coefficient (Wildman–Crippen LogP) is 1.49. The zero-order valence-corrected chi connectivity index (χ0v) is 12.5. The summed E-state index contributed by atoms with van der Waals surface area (Å²) >= 11 is 0. The van der Waals surface area contributed by atoms with Crippen molar-refractivity contribution in [2.75, 3.05) is 33.3 Å². The third-order valence-electron chi connectivity index (χ3n) is 4.01. The molecule has 1 N–H and O–H groups in total. The van der Waals surface area contributed by atoms with E-state index in [2.05, 4.69) is 4.90 Å². The first kappa shape index (κ1) is 15.9. The van der Waals surface area contributed by atoms with E-state index in [0.29, 0.717) is 12.1 Å². The Labute approximate surface area is 125 Å². The SMILES string of the molecule is CN(Cc1ccccc1F)C(=O)CN1CCCC(CO)C1. The molecule has 1 aromatic rings. The summed E-state index contributed by atoms with van der Waals surface area (Å²) in [5.74, 6) is -0.0317. The quantitative estimate of drug-likeness (QED) is 0.895. The van der Waals surface area contributed by atoms with Crippen molar-refractivity contribution >= 4 is 5.91 Å². The van der Waals surface area contributed by atoms with Crippen LogP contribution in [-0.4, -0.2) is 54.1 Å². The maximum atomic E-state index is 13.6. The molecule has 0 radical (unpaired) electrons. The molecule has 5 heteroatoms. The molecule has 0 aromatic heterocycles. The van der Waals surface area contributed by atoms with E-state index in [4.69, 9.17) is 0 Å². The Kier molecular flexibility index (Phi) is 5.70. The van der Waals surface area contributed by atoms with Crippen LogP contribution in [0.5, 0.6) is 0 Å². The van der Waals surface area contributed by atoms with Gasteiger partial charge in [0.15, 0.2) is 0 Å². The van der Waals surface area contributed by atoms with Crippen LogP contribution in [0.15, 0.2) is 24.3 Å². The maximum absolute atomic E-state index is 13.6. The number of likely N-dealkylation sites (tertiary alicyclic amines) is 1. The molecule has 1 fully saturated rings. The minimum atomic E-state index is -0.282. The molecule has 4 nitrogen and oxygen atoms in total. The second-order valence-corrected chi connectivity index (χ2v) is 5.77. The van der Waals surface area contributed by atoms with Crippen LogP contribution in [0.2, 0.25) is 0 Å². The summed E-state index contributed by atoms with van der Waals surface area (Å²) < 4.78 is 13.6. The maximum Gasteiger partial charge on any atom is 0.236 e. The third-order valence-corrected chi connectivity index (χ3v) is 4.01. The van der Waals surface area contributed by atoms with E-state index in [1.54, 1.807) is 30.1 Å². The van der Waals surface area contributed by atoms with Crippen molar-refractivity contribution in [3.8, 4) is 0 Å². The number of aliphatic hydroxyl groups is 1. The van der Waals surface area contributed by atoms with Gasteiger partial charge in [-0.2, -0.15) is 0 Å². The highest BCUT2D eigenvalue weighted by atomic mass is 19.1. The molecule has 2 rings (SSSR count). The molecule has 1 unspecified atom stereocenters. The normalized spacial score (nSPS) is 19.5. The standard InChI is InChI=1S/C16H23FN2O2/c1-18(10-14-6-2-3-7-15(14)17)16(21)11-19-8-4-5-13(9-19)12-20/h2-3,6-7,13,20H,4-5,8-12H2,1H3. The van der Waals surface area contributed by atoms with Crippen LogP contribution in [0.3, 0.4) is 0 Å². The number of nitrogens with zero attached hydrogens (tertiary/aromatic N) is 2. The Bertz CT molecular complexity index is 481. The molecule has 1 aliphatic heterocycles. The number of halogens is 1.